The lowest BCUT2D eigenvalue weighted by Gasteiger charge is -2.13. The SMILES string of the molecule is c1ccc2c(-c3ccc(-c4ccc5c(c4)c4cc(-c6ccc(-c7cccc8ccccc78)cc6)ccc4n5-c4ccc5c(c4)[SiH2-]c4cc(-c6ccc7sc8ccccc8c7c6)ccc4-5)cc3)cccc2c1. The van der Waals surface area contributed by atoms with Crippen LogP contribution in [0.15, 0.2) is 249 Å². The lowest BCUT2D eigenvalue weighted by Crippen LogP contribution is -2.21. The second-order valence-electron chi connectivity index (χ2n) is 19.2. The van der Waals surface area contributed by atoms with Crippen LogP contribution in [0.2, 0.25) is 0 Å². The van der Waals surface area contributed by atoms with Crippen LogP contribution in [0.1, 0.15) is 0 Å². The van der Waals surface area contributed by atoms with Gasteiger partial charge in [-0.15, -0.1) is 20.9 Å². The fourth-order valence-electron chi connectivity index (χ4n) is 11.7. The van der Waals surface area contributed by atoms with Crippen molar-refractivity contribution in [3.63, 3.8) is 0 Å². The summed E-state index contributed by atoms with van der Waals surface area (Å²) in [5.74, 6) is 0. The molecule has 1 nitrogen and oxygen atoms in total. The van der Waals surface area contributed by atoms with Gasteiger partial charge in [0.05, 0.1) is 11.0 Å². The molecule has 0 aliphatic carbocycles. The molecule has 12 aromatic carbocycles. The molecule has 14 aromatic rings. The number of rotatable bonds is 6. The summed E-state index contributed by atoms with van der Waals surface area (Å²) in [6.07, 6.45) is 0. The number of fused-ring (bicyclic) bond motifs is 11. The molecule has 0 N–H and O–H groups in total. The summed E-state index contributed by atoms with van der Waals surface area (Å²) in [5.41, 5.74) is 18.9. The van der Waals surface area contributed by atoms with Gasteiger partial charge in [0.2, 0.25) is 0 Å². The Morgan fingerprint density at radius 1 is 0.268 bits per heavy atom. The Morgan fingerprint density at radius 2 is 0.704 bits per heavy atom. The lowest BCUT2D eigenvalue weighted by molar-refractivity contribution is 1.18. The highest BCUT2D eigenvalue weighted by Crippen LogP contribution is 2.41. The average Bonchev–Trinajstić information content (AvgIpc) is 4.11. The van der Waals surface area contributed by atoms with Crippen LogP contribution in [0.25, 0.3) is 136 Å². The largest absolute Gasteiger partial charge is 0.309 e. The first-order valence-electron chi connectivity index (χ1n) is 24.6. The number of benzene rings is 12. The topological polar surface area (TPSA) is 4.93 Å². The number of aromatic nitrogens is 1. The molecule has 2 aromatic heterocycles. The van der Waals surface area contributed by atoms with E-state index >= 15 is 0 Å². The smallest absolute Gasteiger partial charge is 0.0541 e. The van der Waals surface area contributed by atoms with Gasteiger partial charge < -0.3 is 4.57 Å². The van der Waals surface area contributed by atoms with Crippen molar-refractivity contribution < 1.29 is 0 Å². The van der Waals surface area contributed by atoms with Crippen molar-refractivity contribution in [3.8, 4) is 72.4 Å². The maximum absolute atomic E-state index is 2.51. The summed E-state index contributed by atoms with van der Waals surface area (Å²) in [6, 6.07) is 93.2. The van der Waals surface area contributed by atoms with Crippen molar-refractivity contribution in [2.24, 2.45) is 0 Å². The maximum atomic E-state index is 2.51. The molecular formula is C68H43NSSi-. The standard InChI is InChI=1S/C68H43NSSi/c1-3-13-53-44(9-1)11-7-16-55(53)46-23-19-42(20-24-46)48-28-34-63-60(37-48)61-38-49(43-21-25-47(26-22-43)56-17-8-12-45-10-2-4-14-54(45)56)29-35-64(61)69(63)52-31-33-59-58-32-27-51(40-67(58)71-68(59)41-52)50-30-36-66-62(39-50)57-15-5-6-18-65(57)70-66/h1-41H,71H2/q-1. The Kier molecular flexibility index (Phi) is 9.07. The Hall–Kier alpha value is -8.60. The third kappa shape index (κ3) is 6.58. The molecule has 3 heteroatoms. The van der Waals surface area contributed by atoms with Crippen LogP contribution < -0.4 is 10.4 Å². The molecular weight excluding hydrogens is 891 g/mol. The highest BCUT2D eigenvalue weighted by Gasteiger charge is 2.19. The molecule has 0 amide bonds. The van der Waals surface area contributed by atoms with E-state index in [4.69, 9.17) is 0 Å². The fraction of sp³-hybridized carbons (Fsp3) is 0. The van der Waals surface area contributed by atoms with Gasteiger partial charge in [0, 0.05) is 36.6 Å². The van der Waals surface area contributed by atoms with E-state index in [0.29, 0.717) is 0 Å². The zero-order valence-electron chi connectivity index (χ0n) is 38.7. The second-order valence-corrected chi connectivity index (χ2v) is 22.2. The van der Waals surface area contributed by atoms with Gasteiger partial charge in [0.1, 0.15) is 0 Å². The summed E-state index contributed by atoms with van der Waals surface area (Å²) in [7, 11) is -0.727. The van der Waals surface area contributed by atoms with Crippen molar-refractivity contribution in [2.45, 2.75) is 0 Å². The van der Waals surface area contributed by atoms with Crippen LogP contribution in [-0.2, 0) is 0 Å². The third-order valence-electron chi connectivity index (χ3n) is 15.2. The number of hydrogen-bond acceptors (Lipinski definition) is 1. The molecule has 0 spiro atoms. The first-order valence-corrected chi connectivity index (χ1v) is 26.8. The van der Waals surface area contributed by atoms with Gasteiger partial charge in [0.25, 0.3) is 0 Å². The summed E-state index contributed by atoms with van der Waals surface area (Å²) >= 11 is 1.88. The molecule has 0 saturated carbocycles. The van der Waals surface area contributed by atoms with E-state index in [1.165, 1.54) is 146 Å². The Labute approximate surface area is 418 Å². The van der Waals surface area contributed by atoms with Gasteiger partial charge in [-0.2, -0.15) is 10.4 Å². The van der Waals surface area contributed by atoms with E-state index in [1.54, 1.807) is 0 Å². The number of hydrogen-bond donors (Lipinski definition) is 0. The van der Waals surface area contributed by atoms with Gasteiger partial charge in [0.15, 0.2) is 0 Å². The lowest BCUT2D eigenvalue weighted by atomic mass is 9.95. The molecule has 15 rings (SSSR count). The van der Waals surface area contributed by atoms with Crippen molar-refractivity contribution in [1.29, 1.82) is 0 Å². The summed E-state index contributed by atoms with van der Waals surface area (Å²) < 4.78 is 5.21. The van der Waals surface area contributed by atoms with Crippen molar-refractivity contribution >= 4 is 94.8 Å². The van der Waals surface area contributed by atoms with Crippen molar-refractivity contribution in [1.82, 2.24) is 4.57 Å². The van der Waals surface area contributed by atoms with Gasteiger partial charge in [-0.05, 0) is 126 Å². The highest BCUT2D eigenvalue weighted by molar-refractivity contribution is 7.25. The molecule has 0 atom stereocenters. The van der Waals surface area contributed by atoms with E-state index in [1.807, 2.05) is 11.3 Å². The summed E-state index contributed by atoms with van der Waals surface area (Å²) in [6.45, 7) is 0. The van der Waals surface area contributed by atoms with Gasteiger partial charge in [-0.25, -0.2) is 0 Å². The van der Waals surface area contributed by atoms with Crippen LogP contribution in [0, 0.1) is 0 Å². The average molecular weight is 934 g/mol. The van der Waals surface area contributed by atoms with Crippen LogP contribution in [0.4, 0.5) is 0 Å². The molecule has 0 radical (unpaired) electrons. The van der Waals surface area contributed by atoms with Crippen molar-refractivity contribution in [3.05, 3.63) is 249 Å². The van der Waals surface area contributed by atoms with E-state index in [0.717, 1.165) is 0 Å². The Bertz CT molecular complexity index is 4290. The normalized spacial score (nSPS) is 12.5. The molecule has 3 heterocycles. The molecule has 331 valence electrons. The molecule has 0 saturated heterocycles. The van der Waals surface area contributed by atoms with Crippen LogP contribution >= 0.6 is 11.3 Å². The number of nitrogens with zero attached hydrogens (tertiary/aromatic N) is 1. The Balaban J connectivity index is 0.821. The van der Waals surface area contributed by atoms with Crippen LogP contribution in [0.5, 0.6) is 0 Å². The van der Waals surface area contributed by atoms with Gasteiger partial charge in [-0.1, -0.05) is 211 Å². The van der Waals surface area contributed by atoms with Crippen molar-refractivity contribution in [2.75, 3.05) is 0 Å². The zero-order chi connectivity index (χ0) is 46.6. The highest BCUT2D eigenvalue weighted by atomic mass is 32.1. The third-order valence-corrected chi connectivity index (χ3v) is 18.3. The molecule has 71 heavy (non-hydrogen) atoms. The monoisotopic (exact) mass is 933 g/mol. The molecule has 0 unspecified atom stereocenters. The molecule has 0 bridgehead atoms. The minimum absolute atomic E-state index is 0.727. The van der Waals surface area contributed by atoms with Gasteiger partial charge in [-0.3, -0.25) is 0 Å². The molecule has 1 aliphatic heterocycles. The van der Waals surface area contributed by atoms with Gasteiger partial charge >= 0.3 is 0 Å². The number of thiophene rings is 1. The second kappa shape index (κ2) is 16.0. The first-order chi connectivity index (χ1) is 35.1. The summed E-state index contributed by atoms with van der Waals surface area (Å²) in [4.78, 5) is 0. The summed E-state index contributed by atoms with van der Waals surface area (Å²) in [5, 5.41) is 13.3. The molecule has 0 fully saturated rings. The predicted octanol–water partition coefficient (Wildman–Crippen LogP) is 16.9. The maximum Gasteiger partial charge on any atom is 0.0541 e. The quantitative estimate of drug-likeness (QED) is 0.146. The van der Waals surface area contributed by atoms with E-state index < -0.39 is 9.52 Å². The van der Waals surface area contributed by atoms with E-state index in [9.17, 15) is 0 Å². The van der Waals surface area contributed by atoms with E-state index in [2.05, 4.69) is 253 Å². The minimum atomic E-state index is -0.727. The molecule has 1 aliphatic rings. The zero-order valence-corrected chi connectivity index (χ0v) is 41.0. The van der Waals surface area contributed by atoms with Crippen LogP contribution in [0.3, 0.4) is 0 Å². The minimum Gasteiger partial charge on any atom is -0.309 e. The predicted molar refractivity (Wildman–Crippen MR) is 309 cm³/mol. The fourth-order valence-corrected chi connectivity index (χ4v) is 14.8. The van der Waals surface area contributed by atoms with E-state index in [-0.39, 0.29) is 0 Å². The van der Waals surface area contributed by atoms with Crippen LogP contribution in [-0.4, -0.2) is 14.1 Å². The Morgan fingerprint density at radius 3 is 1.34 bits per heavy atom. The first kappa shape index (κ1) is 40.3.